The normalized spacial score (nSPS) is 12.0. The topological polar surface area (TPSA) is 73.6 Å². The van der Waals surface area contributed by atoms with Crippen LogP contribution in [0.5, 0.6) is 5.75 Å². The maximum atomic E-state index is 11.8. The molecule has 1 rings (SSSR count). The van der Waals surface area contributed by atoms with E-state index in [2.05, 4.69) is 5.32 Å². The van der Waals surface area contributed by atoms with E-state index in [1.807, 2.05) is 52.8 Å². The van der Waals surface area contributed by atoms with Crippen molar-refractivity contribution in [3.8, 4) is 5.75 Å². The summed E-state index contributed by atoms with van der Waals surface area (Å²) in [6, 6.07) is 5.70. The van der Waals surface area contributed by atoms with Gasteiger partial charge in [0, 0.05) is 5.54 Å². The molecule has 0 saturated carbocycles. The van der Waals surface area contributed by atoms with E-state index in [-0.39, 0.29) is 5.54 Å². The first-order valence-corrected chi connectivity index (χ1v) is 7.46. The monoisotopic (exact) mass is 308 g/mol. The number of hydrogen-bond donors (Lipinski definition) is 2. The van der Waals surface area contributed by atoms with Crippen LogP contribution in [-0.2, 0) is 11.2 Å². The Balaban J connectivity index is 2.79. The number of nitrogens with one attached hydrogen (secondary N) is 1. The lowest BCUT2D eigenvalue weighted by Crippen LogP contribution is -2.32. The molecule has 0 aromatic heterocycles. The van der Waals surface area contributed by atoms with Crippen LogP contribution in [0.1, 0.15) is 46.6 Å². The predicted molar refractivity (Wildman–Crippen MR) is 89.4 cm³/mol. The van der Waals surface area contributed by atoms with Gasteiger partial charge in [-0.25, -0.2) is 4.79 Å². The fourth-order valence-electron chi connectivity index (χ4n) is 1.87. The first kappa shape index (κ1) is 18.3. The van der Waals surface area contributed by atoms with E-state index < -0.39 is 11.7 Å². The van der Waals surface area contributed by atoms with Crippen LogP contribution < -0.4 is 15.8 Å². The summed E-state index contributed by atoms with van der Waals surface area (Å²) in [6.07, 6.45) is 1.23. The van der Waals surface area contributed by atoms with Crippen LogP contribution in [0.3, 0.4) is 0 Å². The average molecular weight is 308 g/mol. The van der Waals surface area contributed by atoms with Gasteiger partial charge < -0.3 is 15.2 Å². The van der Waals surface area contributed by atoms with Crippen LogP contribution in [0, 0.1) is 0 Å². The second-order valence-corrected chi connectivity index (χ2v) is 7.15. The van der Waals surface area contributed by atoms with Crippen molar-refractivity contribution in [2.75, 3.05) is 12.4 Å². The maximum absolute atomic E-state index is 11.8. The van der Waals surface area contributed by atoms with E-state index in [4.69, 9.17) is 15.2 Å². The molecule has 0 atom stereocenters. The van der Waals surface area contributed by atoms with Gasteiger partial charge in [0.15, 0.2) is 0 Å². The molecule has 0 radical (unpaired) electrons. The van der Waals surface area contributed by atoms with E-state index in [1.165, 1.54) is 0 Å². The summed E-state index contributed by atoms with van der Waals surface area (Å²) in [4.78, 5) is 11.8. The molecule has 0 spiro atoms. The van der Waals surface area contributed by atoms with E-state index in [0.29, 0.717) is 11.4 Å². The molecule has 124 valence electrons. The summed E-state index contributed by atoms with van der Waals surface area (Å²) in [6.45, 7) is 9.47. The number of nitrogens with two attached hydrogens (primary N) is 1. The Morgan fingerprint density at radius 3 is 2.36 bits per heavy atom. The minimum Gasteiger partial charge on any atom is -0.495 e. The number of ether oxygens (including phenoxy) is 2. The number of methoxy groups -OCH3 is 1. The minimum atomic E-state index is -0.538. The van der Waals surface area contributed by atoms with Gasteiger partial charge in [0.05, 0.1) is 12.8 Å². The van der Waals surface area contributed by atoms with Crippen LogP contribution >= 0.6 is 0 Å². The molecule has 22 heavy (non-hydrogen) atoms. The zero-order valence-corrected chi connectivity index (χ0v) is 14.4. The van der Waals surface area contributed by atoms with Crippen LogP contribution in [0.2, 0.25) is 0 Å². The van der Waals surface area contributed by atoms with Crippen molar-refractivity contribution in [3.63, 3.8) is 0 Å². The van der Waals surface area contributed by atoms with Crippen molar-refractivity contribution in [1.29, 1.82) is 0 Å². The lowest BCUT2D eigenvalue weighted by atomic mass is 9.96. The lowest BCUT2D eigenvalue weighted by Gasteiger charge is -2.21. The van der Waals surface area contributed by atoms with Gasteiger partial charge in [0.25, 0.3) is 0 Å². The van der Waals surface area contributed by atoms with Crippen LogP contribution in [0.4, 0.5) is 10.5 Å². The Bertz CT molecular complexity index is 514. The number of carbonyl (C=O) groups excluding carboxylic acids is 1. The Hall–Kier alpha value is -1.75. The van der Waals surface area contributed by atoms with E-state index in [0.717, 1.165) is 18.4 Å². The SMILES string of the molecule is COc1cc(CCC(C)(C)N)ccc1NC(=O)OC(C)(C)C. The number of anilines is 1. The number of rotatable bonds is 5. The van der Waals surface area contributed by atoms with Crippen molar-refractivity contribution >= 4 is 11.8 Å². The summed E-state index contributed by atoms with van der Waals surface area (Å²) in [5.41, 5.74) is 6.96. The molecule has 0 saturated heterocycles. The van der Waals surface area contributed by atoms with Crippen molar-refractivity contribution in [2.45, 2.75) is 58.6 Å². The smallest absolute Gasteiger partial charge is 0.412 e. The third kappa shape index (κ3) is 6.80. The highest BCUT2D eigenvalue weighted by Crippen LogP contribution is 2.27. The number of amides is 1. The van der Waals surface area contributed by atoms with Crippen molar-refractivity contribution in [3.05, 3.63) is 23.8 Å². The van der Waals surface area contributed by atoms with Gasteiger partial charge >= 0.3 is 6.09 Å². The molecule has 0 bridgehead atoms. The molecule has 1 aromatic rings. The highest BCUT2D eigenvalue weighted by atomic mass is 16.6. The third-order valence-corrected chi connectivity index (χ3v) is 2.96. The van der Waals surface area contributed by atoms with Crippen LogP contribution in [0.25, 0.3) is 0 Å². The van der Waals surface area contributed by atoms with Crippen molar-refractivity contribution in [1.82, 2.24) is 0 Å². The highest BCUT2D eigenvalue weighted by Gasteiger charge is 2.18. The Morgan fingerprint density at radius 1 is 1.23 bits per heavy atom. The van der Waals surface area contributed by atoms with Gasteiger partial charge in [-0.2, -0.15) is 0 Å². The molecule has 3 N–H and O–H groups in total. The maximum Gasteiger partial charge on any atom is 0.412 e. The number of aryl methyl sites for hydroxylation is 1. The standard InChI is InChI=1S/C17H28N2O3/c1-16(2,3)22-15(20)19-13-8-7-12(11-14(13)21-6)9-10-17(4,5)18/h7-8,11H,9-10,18H2,1-6H3,(H,19,20). The van der Waals surface area contributed by atoms with Crippen LogP contribution in [-0.4, -0.2) is 24.3 Å². The molecule has 0 fully saturated rings. The fourth-order valence-corrected chi connectivity index (χ4v) is 1.87. The minimum absolute atomic E-state index is 0.208. The zero-order chi connectivity index (χ0) is 17.0. The lowest BCUT2D eigenvalue weighted by molar-refractivity contribution is 0.0635. The van der Waals surface area contributed by atoms with Crippen molar-refractivity contribution < 1.29 is 14.3 Å². The van der Waals surface area contributed by atoms with E-state index in [9.17, 15) is 4.79 Å². The molecule has 1 amide bonds. The van der Waals surface area contributed by atoms with E-state index in [1.54, 1.807) is 7.11 Å². The molecule has 0 aliphatic carbocycles. The van der Waals surface area contributed by atoms with E-state index >= 15 is 0 Å². The van der Waals surface area contributed by atoms with Gasteiger partial charge in [-0.3, -0.25) is 5.32 Å². The fraction of sp³-hybridized carbons (Fsp3) is 0.588. The van der Waals surface area contributed by atoms with Gasteiger partial charge in [-0.1, -0.05) is 6.07 Å². The highest BCUT2D eigenvalue weighted by molar-refractivity contribution is 5.87. The largest absolute Gasteiger partial charge is 0.495 e. The molecule has 1 aromatic carbocycles. The number of hydrogen-bond acceptors (Lipinski definition) is 4. The molecule has 0 unspecified atom stereocenters. The molecular weight excluding hydrogens is 280 g/mol. The first-order valence-electron chi connectivity index (χ1n) is 7.46. The molecule has 0 heterocycles. The Morgan fingerprint density at radius 2 is 1.86 bits per heavy atom. The third-order valence-electron chi connectivity index (χ3n) is 2.96. The Labute approximate surface area is 133 Å². The Kier molecular flexibility index (Phi) is 5.83. The molecule has 5 heteroatoms. The second-order valence-electron chi connectivity index (χ2n) is 7.15. The van der Waals surface area contributed by atoms with Crippen LogP contribution in [0.15, 0.2) is 18.2 Å². The summed E-state index contributed by atoms with van der Waals surface area (Å²) in [7, 11) is 1.58. The molecular formula is C17H28N2O3. The molecule has 0 aliphatic rings. The number of carbonyl (C=O) groups is 1. The summed E-state index contributed by atoms with van der Waals surface area (Å²) >= 11 is 0. The summed E-state index contributed by atoms with van der Waals surface area (Å²) in [5.74, 6) is 0.609. The van der Waals surface area contributed by atoms with Gasteiger partial charge in [-0.15, -0.1) is 0 Å². The first-order chi connectivity index (χ1) is 10.00. The zero-order valence-electron chi connectivity index (χ0n) is 14.4. The van der Waals surface area contributed by atoms with Gasteiger partial charge in [-0.05, 0) is 65.2 Å². The summed E-state index contributed by atoms with van der Waals surface area (Å²) in [5, 5.41) is 2.71. The quantitative estimate of drug-likeness (QED) is 0.869. The molecule has 0 aliphatic heterocycles. The number of benzene rings is 1. The van der Waals surface area contributed by atoms with Crippen molar-refractivity contribution in [2.24, 2.45) is 5.73 Å². The average Bonchev–Trinajstić information content (AvgIpc) is 2.34. The predicted octanol–water partition coefficient (Wildman–Crippen LogP) is 3.71. The molecule has 5 nitrogen and oxygen atoms in total. The second kappa shape index (κ2) is 7.01. The van der Waals surface area contributed by atoms with Gasteiger partial charge in [0.2, 0.25) is 0 Å². The van der Waals surface area contributed by atoms with Gasteiger partial charge in [0.1, 0.15) is 11.4 Å². The summed E-state index contributed by atoms with van der Waals surface area (Å²) < 4.78 is 10.6.